The molecule has 0 spiro atoms. The normalized spacial score (nSPS) is 39.2. The first-order chi connectivity index (χ1) is 21.0. The number of halogens is 2. The number of allylic oxidation sites excluding steroid dienone is 4. The van der Waals surface area contributed by atoms with Crippen LogP contribution in [0, 0.1) is 38.7 Å². The number of nitrogens with zero attached hydrogens (tertiary/aromatic N) is 2. The largest absolute Gasteiger partial charge is 0.444 e. The van der Waals surface area contributed by atoms with E-state index in [0.717, 1.165) is 23.1 Å². The smallest absolute Gasteiger partial charge is 0.339 e. The summed E-state index contributed by atoms with van der Waals surface area (Å²) in [5.74, 6) is -5.13. The van der Waals surface area contributed by atoms with Gasteiger partial charge in [0.2, 0.25) is 0 Å². The van der Waals surface area contributed by atoms with E-state index in [1.807, 2.05) is 0 Å². The topological polar surface area (TPSA) is 168 Å². The molecule has 5 rings (SSSR count). The molecule has 0 heterocycles. The quantitative estimate of drug-likeness (QED) is 0.233. The van der Waals surface area contributed by atoms with E-state index in [1.165, 1.54) is 38.2 Å². The molecule has 1 amide bonds. The van der Waals surface area contributed by atoms with E-state index in [1.54, 1.807) is 13.8 Å². The number of nitro groups is 1. The number of amides is 1. The lowest BCUT2D eigenvalue weighted by Crippen LogP contribution is -2.71. The summed E-state index contributed by atoms with van der Waals surface area (Å²) in [5.41, 5.74) is -8.34. The number of hydrogen-bond acceptors (Lipinski definition) is 9. The number of aliphatic hydroxyl groups is 3. The second-order valence-corrected chi connectivity index (χ2v) is 13.5. The van der Waals surface area contributed by atoms with Gasteiger partial charge in [-0.3, -0.25) is 19.7 Å². The van der Waals surface area contributed by atoms with Gasteiger partial charge in [0.05, 0.1) is 29.3 Å². The van der Waals surface area contributed by atoms with Crippen molar-refractivity contribution in [2.75, 3.05) is 20.2 Å². The summed E-state index contributed by atoms with van der Waals surface area (Å²) in [4.78, 5) is 52.2. The van der Waals surface area contributed by atoms with Gasteiger partial charge in [-0.05, 0) is 55.9 Å². The number of ketones is 1. The van der Waals surface area contributed by atoms with Gasteiger partial charge < -0.3 is 25.0 Å². The van der Waals surface area contributed by atoms with Gasteiger partial charge >= 0.3 is 5.97 Å². The summed E-state index contributed by atoms with van der Waals surface area (Å²) in [5, 5.41) is 42.7. The predicted octanol–water partition coefficient (Wildman–Crippen LogP) is 2.87. The summed E-state index contributed by atoms with van der Waals surface area (Å²) < 4.78 is 39.7. The minimum Gasteiger partial charge on any atom is -0.444 e. The van der Waals surface area contributed by atoms with E-state index in [9.17, 15) is 39.8 Å². The Morgan fingerprint density at radius 1 is 1.24 bits per heavy atom. The fraction of sp³-hybridized carbons (Fsp3) is 0.594. The average molecular weight is 633 g/mol. The number of likely N-dealkylation sites (N-methyl/N-ethyl adjacent to an activating group) is 1. The number of esters is 1. The van der Waals surface area contributed by atoms with Gasteiger partial charge in [-0.1, -0.05) is 26.0 Å². The van der Waals surface area contributed by atoms with Crippen LogP contribution >= 0.6 is 0 Å². The van der Waals surface area contributed by atoms with Crippen molar-refractivity contribution in [1.29, 1.82) is 0 Å². The van der Waals surface area contributed by atoms with Crippen molar-refractivity contribution in [1.82, 2.24) is 4.90 Å². The average Bonchev–Trinajstić information content (AvgIpc) is 3.21. The molecule has 0 aliphatic heterocycles. The van der Waals surface area contributed by atoms with Gasteiger partial charge in [-0.2, -0.15) is 0 Å². The summed E-state index contributed by atoms with van der Waals surface area (Å²) in [7, 11) is 1.34. The number of fused-ring (bicyclic) bond motifs is 5. The van der Waals surface area contributed by atoms with E-state index in [4.69, 9.17) is 4.74 Å². The number of alkyl halides is 2. The molecule has 3 saturated carbocycles. The van der Waals surface area contributed by atoms with Crippen molar-refractivity contribution < 1.29 is 48.1 Å². The van der Waals surface area contributed by atoms with Crippen LogP contribution in [-0.2, 0) is 14.3 Å². The molecule has 0 saturated heterocycles. The second-order valence-electron chi connectivity index (χ2n) is 13.5. The van der Waals surface area contributed by atoms with Crippen LogP contribution in [0.15, 0.2) is 48.1 Å². The van der Waals surface area contributed by atoms with Crippen molar-refractivity contribution in [2.24, 2.45) is 28.6 Å². The molecule has 1 aromatic carbocycles. The first-order valence-electron chi connectivity index (χ1n) is 15.0. The maximum Gasteiger partial charge on any atom is 0.339 e. The molecule has 0 radical (unpaired) electrons. The zero-order valence-corrected chi connectivity index (χ0v) is 25.5. The summed E-state index contributed by atoms with van der Waals surface area (Å²) >= 11 is 0. The van der Waals surface area contributed by atoms with Crippen LogP contribution in [0.1, 0.15) is 50.4 Å². The summed E-state index contributed by atoms with van der Waals surface area (Å²) in [6, 6.07) is 4.76. The molecule has 3 N–H and O–H groups in total. The Labute approximate surface area is 258 Å². The summed E-state index contributed by atoms with van der Waals surface area (Å²) in [6.07, 6.45) is -1.98. The Bertz CT molecular complexity index is 1500. The third-order valence-electron chi connectivity index (χ3n) is 11.1. The van der Waals surface area contributed by atoms with Crippen LogP contribution in [-0.4, -0.2) is 92.7 Å². The molecular formula is C32H38F2N2O9. The highest BCUT2D eigenvalue weighted by Crippen LogP contribution is 2.71. The number of non-ortho nitro benzene ring substituents is 1. The van der Waals surface area contributed by atoms with Crippen molar-refractivity contribution in [2.45, 2.75) is 69.7 Å². The van der Waals surface area contributed by atoms with Gasteiger partial charge in [0.15, 0.2) is 17.1 Å². The van der Waals surface area contributed by atoms with Gasteiger partial charge in [0, 0.05) is 48.4 Å². The van der Waals surface area contributed by atoms with Crippen LogP contribution < -0.4 is 0 Å². The molecule has 10 atom stereocenters. The fourth-order valence-electron chi connectivity index (χ4n) is 8.93. The summed E-state index contributed by atoms with van der Waals surface area (Å²) in [6.45, 7) is 3.67. The number of benzene rings is 1. The Balaban J connectivity index is 1.64. The number of carbonyl (C=O) groups is 3. The van der Waals surface area contributed by atoms with E-state index in [-0.39, 0.29) is 42.6 Å². The minimum absolute atomic E-state index is 0.0559. The van der Waals surface area contributed by atoms with Crippen molar-refractivity contribution >= 4 is 23.3 Å². The fourth-order valence-corrected chi connectivity index (χ4v) is 8.93. The van der Waals surface area contributed by atoms with Crippen molar-refractivity contribution in [3.63, 3.8) is 0 Å². The van der Waals surface area contributed by atoms with E-state index >= 15 is 8.78 Å². The Morgan fingerprint density at radius 3 is 2.58 bits per heavy atom. The molecule has 0 aromatic heterocycles. The van der Waals surface area contributed by atoms with E-state index < -0.39 is 87.4 Å². The molecule has 0 bridgehead atoms. The molecular weight excluding hydrogens is 594 g/mol. The predicted molar refractivity (Wildman–Crippen MR) is 155 cm³/mol. The van der Waals surface area contributed by atoms with Crippen LogP contribution in [0.25, 0.3) is 0 Å². The zero-order valence-electron chi connectivity index (χ0n) is 25.5. The molecule has 1 unspecified atom stereocenters. The maximum absolute atomic E-state index is 17.7. The van der Waals surface area contributed by atoms with Crippen molar-refractivity contribution in [3.05, 3.63) is 63.7 Å². The lowest BCUT2D eigenvalue weighted by molar-refractivity contribution is -0.384. The third kappa shape index (κ3) is 4.57. The molecule has 1 aromatic rings. The Kier molecular flexibility index (Phi) is 8.07. The maximum atomic E-state index is 17.7. The monoisotopic (exact) mass is 632 g/mol. The van der Waals surface area contributed by atoms with Gasteiger partial charge in [0.25, 0.3) is 11.6 Å². The molecule has 3 fully saturated rings. The van der Waals surface area contributed by atoms with Crippen LogP contribution in [0.5, 0.6) is 0 Å². The number of nitro benzene ring substituents is 1. The minimum atomic E-state index is -2.44. The van der Waals surface area contributed by atoms with E-state index in [0.29, 0.717) is 0 Å². The van der Waals surface area contributed by atoms with Gasteiger partial charge in [0.1, 0.15) is 6.17 Å². The molecule has 244 valence electrons. The number of aliphatic hydroxyl groups excluding tert-OH is 3. The van der Waals surface area contributed by atoms with Crippen LogP contribution in [0.3, 0.4) is 0 Å². The zero-order chi connectivity index (χ0) is 33.3. The van der Waals surface area contributed by atoms with Crippen LogP contribution in [0.4, 0.5) is 14.5 Å². The van der Waals surface area contributed by atoms with Gasteiger partial charge in [-0.25, -0.2) is 13.6 Å². The van der Waals surface area contributed by atoms with Gasteiger partial charge in [-0.15, -0.1) is 0 Å². The van der Waals surface area contributed by atoms with Crippen LogP contribution in [0.2, 0.25) is 0 Å². The molecule has 4 aliphatic carbocycles. The Morgan fingerprint density at radius 2 is 1.93 bits per heavy atom. The Hall–Kier alpha value is -3.55. The lowest BCUT2D eigenvalue weighted by Gasteiger charge is -2.63. The highest BCUT2D eigenvalue weighted by Gasteiger charge is 2.78. The van der Waals surface area contributed by atoms with E-state index in [2.05, 4.69) is 0 Å². The molecule has 45 heavy (non-hydrogen) atoms. The SMILES string of the molecule is C[C@@H]1C[C@H]2[C@@H]3C[C@H](F)C4=CC(=O)C=C[C@]4(C)[C@@]3(F)[C@@H](O)C[C@]2(C)[C@@]1(OC(=O)c1cccc([N+](=O)[O-])c1)C(=O)N(C)CC(O)CO. The molecule has 11 nitrogen and oxygen atoms in total. The first kappa shape index (κ1) is 32.8. The molecule has 13 heteroatoms. The number of ether oxygens (including phenoxy) is 1. The second kappa shape index (κ2) is 11.1. The number of carbonyl (C=O) groups excluding carboxylic acids is 3. The third-order valence-corrected chi connectivity index (χ3v) is 11.1. The standard InChI is InChI=1S/C32H38F2N2O9/c1-17-10-22-23-13-25(33)24-12-20(38)8-9-29(24,2)31(23,34)26(40)14-30(22,3)32(17,28(42)35(4)15-21(39)16-37)45-27(41)18-6-5-7-19(11-18)36(43)44/h5-9,11-12,17,21-23,25-26,37,39-40H,10,13-16H2,1-4H3/t17-,21?,22+,23+,25+,26+,29+,30+,31+,32+/m1/s1. The highest BCUT2D eigenvalue weighted by molar-refractivity contribution is 6.01. The highest BCUT2D eigenvalue weighted by atomic mass is 19.1. The first-order valence-corrected chi connectivity index (χ1v) is 15.0. The number of rotatable bonds is 7. The van der Waals surface area contributed by atoms with Crippen molar-refractivity contribution in [3.8, 4) is 0 Å². The molecule has 4 aliphatic rings. The lowest BCUT2D eigenvalue weighted by atomic mass is 9.44. The number of hydrogen-bond donors (Lipinski definition) is 3.